The number of benzene rings is 1. The van der Waals surface area contributed by atoms with Crippen molar-refractivity contribution in [2.24, 2.45) is 11.8 Å². The second-order valence-corrected chi connectivity index (χ2v) is 4.54. The number of hydrogen-bond donors (Lipinski definition) is 1. The summed E-state index contributed by atoms with van der Waals surface area (Å²) in [5.74, 6) is -2.07. The summed E-state index contributed by atoms with van der Waals surface area (Å²) < 4.78 is 5.15. The van der Waals surface area contributed by atoms with Gasteiger partial charge in [-0.2, -0.15) is 0 Å². The predicted octanol–water partition coefficient (Wildman–Crippen LogP) is 2.48. The van der Waals surface area contributed by atoms with Crippen molar-refractivity contribution in [2.45, 2.75) is 26.9 Å². The molecular weight excluding hydrogens is 232 g/mol. The molecule has 0 unspecified atom stereocenters. The Morgan fingerprint density at radius 1 is 1.22 bits per heavy atom. The molecule has 0 saturated heterocycles. The highest BCUT2D eigenvalue weighted by atomic mass is 16.5. The number of carboxylic acid groups (broad SMARTS) is 1. The number of ether oxygens (including phenoxy) is 1. The second kappa shape index (κ2) is 6.79. The van der Waals surface area contributed by atoms with Crippen LogP contribution in [0.15, 0.2) is 30.3 Å². The van der Waals surface area contributed by atoms with Crippen molar-refractivity contribution < 1.29 is 19.4 Å². The summed E-state index contributed by atoms with van der Waals surface area (Å²) in [6, 6.07) is 9.32. The number of carboxylic acids is 1. The number of carbonyl (C=O) groups excluding carboxylic acids is 1. The van der Waals surface area contributed by atoms with Gasteiger partial charge < -0.3 is 9.84 Å². The summed E-state index contributed by atoms with van der Waals surface area (Å²) in [7, 11) is 0. The van der Waals surface area contributed by atoms with Crippen LogP contribution in [0.3, 0.4) is 0 Å². The van der Waals surface area contributed by atoms with E-state index >= 15 is 0 Å². The van der Waals surface area contributed by atoms with E-state index < -0.39 is 17.9 Å². The van der Waals surface area contributed by atoms with E-state index in [9.17, 15) is 9.59 Å². The van der Waals surface area contributed by atoms with E-state index in [1.807, 2.05) is 44.2 Å². The van der Waals surface area contributed by atoms with Crippen molar-refractivity contribution in [3.63, 3.8) is 0 Å². The predicted molar refractivity (Wildman–Crippen MR) is 66.8 cm³/mol. The molecule has 1 aromatic rings. The SMILES string of the molecule is CC(C)[C@H](CC(=O)O)C(=O)OCc1ccccc1. The average molecular weight is 250 g/mol. The molecule has 0 fully saturated rings. The normalized spacial score (nSPS) is 12.2. The molecule has 18 heavy (non-hydrogen) atoms. The number of esters is 1. The monoisotopic (exact) mass is 250 g/mol. The summed E-state index contributed by atoms with van der Waals surface area (Å²) in [6.45, 7) is 3.82. The van der Waals surface area contributed by atoms with Crippen LogP contribution in [-0.2, 0) is 20.9 Å². The Morgan fingerprint density at radius 2 is 1.83 bits per heavy atom. The summed E-state index contributed by atoms with van der Waals surface area (Å²) in [4.78, 5) is 22.5. The quantitative estimate of drug-likeness (QED) is 0.788. The van der Waals surface area contributed by atoms with Crippen molar-refractivity contribution in [1.82, 2.24) is 0 Å². The highest BCUT2D eigenvalue weighted by Gasteiger charge is 2.26. The third-order valence-corrected chi connectivity index (χ3v) is 2.73. The molecule has 1 atom stereocenters. The molecule has 0 radical (unpaired) electrons. The molecule has 98 valence electrons. The van der Waals surface area contributed by atoms with Crippen molar-refractivity contribution in [2.75, 3.05) is 0 Å². The first kappa shape index (κ1) is 14.2. The van der Waals surface area contributed by atoms with Crippen LogP contribution >= 0.6 is 0 Å². The first-order chi connectivity index (χ1) is 8.50. The first-order valence-corrected chi connectivity index (χ1v) is 5.93. The van der Waals surface area contributed by atoms with Gasteiger partial charge in [-0.3, -0.25) is 9.59 Å². The fourth-order valence-electron chi connectivity index (χ4n) is 1.62. The van der Waals surface area contributed by atoms with Crippen LogP contribution in [0.5, 0.6) is 0 Å². The van der Waals surface area contributed by atoms with Crippen molar-refractivity contribution in [1.29, 1.82) is 0 Å². The maximum absolute atomic E-state index is 11.8. The van der Waals surface area contributed by atoms with Crippen LogP contribution in [0.25, 0.3) is 0 Å². The molecule has 4 nitrogen and oxygen atoms in total. The highest BCUT2D eigenvalue weighted by molar-refractivity contribution is 5.79. The number of aliphatic carboxylic acids is 1. The molecule has 0 bridgehead atoms. The van der Waals surface area contributed by atoms with Gasteiger partial charge in [0, 0.05) is 0 Å². The zero-order valence-corrected chi connectivity index (χ0v) is 10.6. The summed E-state index contributed by atoms with van der Waals surface area (Å²) >= 11 is 0. The minimum Gasteiger partial charge on any atom is -0.481 e. The Hall–Kier alpha value is -1.84. The van der Waals surface area contributed by atoms with Crippen LogP contribution in [0.2, 0.25) is 0 Å². The third-order valence-electron chi connectivity index (χ3n) is 2.73. The molecule has 0 aromatic heterocycles. The molecular formula is C14H18O4. The molecule has 0 aliphatic rings. The lowest BCUT2D eigenvalue weighted by molar-refractivity contribution is -0.155. The van der Waals surface area contributed by atoms with Gasteiger partial charge in [-0.25, -0.2) is 0 Å². The fourth-order valence-corrected chi connectivity index (χ4v) is 1.62. The molecule has 0 aliphatic carbocycles. The van der Waals surface area contributed by atoms with Crippen LogP contribution in [0, 0.1) is 11.8 Å². The Balaban J connectivity index is 2.54. The van der Waals surface area contributed by atoms with E-state index in [0.29, 0.717) is 0 Å². The van der Waals surface area contributed by atoms with Gasteiger partial charge in [0.2, 0.25) is 0 Å². The Kier molecular flexibility index (Phi) is 5.36. The van der Waals surface area contributed by atoms with E-state index in [2.05, 4.69) is 0 Å². The largest absolute Gasteiger partial charge is 0.481 e. The maximum Gasteiger partial charge on any atom is 0.310 e. The second-order valence-electron chi connectivity index (χ2n) is 4.54. The van der Waals surface area contributed by atoms with E-state index in [1.165, 1.54) is 0 Å². The van der Waals surface area contributed by atoms with Gasteiger partial charge in [0.05, 0.1) is 12.3 Å². The molecule has 4 heteroatoms. The standard InChI is InChI=1S/C14H18O4/c1-10(2)12(8-13(15)16)14(17)18-9-11-6-4-3-5-7-11/h3-7,10,12H,8-9H2,1-2H3,(H,15,16)/t12-/m0/s1. The molecule has 0 spiro atoms. The zero-order chi connectivity index (χ0) is 13.5. The summed E-state index contributed by atoms with van der Waals surface area (Å²) in [5, 5.41) is 8.76. The average Bonchev–Trinajstić information content (AvgIpc) is 2.34. The van der Waals surface area contributed by atoms with Crippen molar-refractivity contribution in [3.05, 3.63) is 35.9 Å². The van der Waals surface area contributed by atoms with Gasteiger partial charge in [0.1, 0.15) is 6.61 Å². The third kappa shape index (κ3) is 4.57. The lowest BCUT2D eigenvalue weighted by Crippen LogP contribution is -2.25. The van der Waals surface area contributed by atoms with Gasteiger partial charge in [-0.1, -0.05) is 44.2 Å². The smallest absolute Gasteiger partial charge is 0.310 e. The van der Waals surface area contributed by atoms with Gasteiger partial charge in [0.25, 0.3) is 0 Å². The molecule has 1 N–H and O–H groups in total. The topological polar surface area (TPSA) is 63.6 Å². The molecule has 0 heterocycles. The van der Waals surface area contributed by atoms with Gasteiger partial charge >= 0.3 is 11.9 Å². The van der Waals surface area contributed by atoms with Crippen LogP contribution in [0.1, 0.15) is 25.8 Å². The molecule has 0 amide bonds. The Morgan fingerprint density at radius 3 is 2.33 bits per heavy atom. The molecule has 0 saturated carbocycles. The minimum atomic E-state index is -0.981. The number of carbonyl (C=O) groups is 2. The van der Waals surface area contributed by atoms with E-state index in [-0.39, 0.29) is 18.9 Å². The Bertz CT molecular complexity index is 398. The van der Waals surface area contributed by atoms with Gasteiger partial charge in [-0.05, 0) is 11.5 Å². The summed E-state index contributed by atoms with van der Waals surface area (Å²) in [5.41, 5.74) is 0.892. The number of hydrogen-bond acceptors (Lipinski definition) is 3. The molecule has 1 aromatic carbocycles. The van der Waals surface area contributed by atoms with Crippen LogP contribution in [-0.4, -0.2) is 17.0 Å². The van der Waals surface area contributed by atoms with E-state index in [0.717, 1.165) is 5.56 Å². The van der Waals surface area contributed by atoms with Crippen LogP contribution in [0.4, 0.5) is 0 Å². The van der Waals surface area contributed by atoms with Crippen molar-refractivity contribution >= 4 is 11.9 Å². The Labute approximate surface area is 107 Å². The first-order valence-electron chi connectivity index (χ1n) is 5.93. The van der Waals surface area contributed by atoms with Crippen molar-refractivity contribution in [3.8, 4) is 0 Å². The maximum atomic E-state index is 11.8. The molecule has 1 rings (SSSR count). The van der Waals surface area contributed by atoms with Gasteiger partial charge in [-0.15, -0.1) is 0 Å². The molecule has 0 aliphatic heterocycles. The lowest BCUT2D eigenvalue weighted by Gasteiger charge is -2.17. The van der Waals surface area contributed by atoms with Gasteiger partial charge in [0.15, 0.2) is 0 Å². The lowest BCUT2D eigenvalue weighted by atomic mass is 9.93. The summed E-state index contributed by atoms with van der Waals surface area (Å²) in [6.07, 6.45) is -0.189. The number of rotatable bonds is 6. The van der Waals surface area contributed by atoms with Crippen LogP contribution < -0.4 is 0 Å². The van der Waals surface area contributed by atoms with E-state index in [1.54, 1.807) is 0 Å². The zero-order valence-electron chi connectivity index (χ0n) is 10.6. The fraction of sp³-hybridized carbons (Fsp3) is 0.429. The van der Waals surface area contributed by atoms with E-state index in [4.69, 9.17) is 9.84 Å². The highest BCUT2D eigenvalue weighted by Crippen LogP contribution is 2.18. The minimum absolute atomic E-state index is 0.0515.